The van der Waals surface area contributed by atoms with Gasteiger partial charge in [0.25, 0.3) is 0 Å². The van der Waals surface area contributed by atoms with Crippen LogP contribution in [0.4, 0.5) is 0 Å². The minimum atomic E-state index is -0.667. The molecule has 9 heteroatoms. The average Bonchev–Trinajstić information content (AvgIpc) is 3.31. The Morgan fingerprint density at radius 3 is 0.594 bits per heavy atom. The molecule has 334 valence electrons. The molecule has 0 aliphatic carbocycles. The van der Waals surface area contributed by atoms with E-state index in [0.717, 1.165) is 38.9 Å². The fraction of sp³-hybridized carbons (Fsp3) is 0.236. The summed E-state index contributed by atoms with van der Waals surface area (Å²) in [5.74, 6) is 1.37. The van der Waals surface area contributed by atoms with Crippen LogP contribution in [0.15, 0.2) is 170 Å². The van der Waals surface area contributed by atoms with Gasteiger partial charge in [-0.25, -0.2) is 0 Å². The van der Waals surface area contributed by atoms with Crippen LogP contribution in [-0.4, -0.2) is 65.8 Å². The van der Waals surface area contributed by atoms with E-state index < -0.39 is 16.2 Å². The summed E-state index contributed by atoms with van der Waals surface area (Å²) in [4.78, 5) is 0. The molecule has 0 heterocycles. The topological polar surface area (TPSA) is 182 Å². The summed E-state index contributed by atoms with van der Waals surface area (Å²) in [6.07, 6.45) is 0.594. The highest BCUT2D eigenvalue weighted by atomic mass is 16.3. The lowest BCUT2D eigenvalue weighted by atomic mass is 9.70. The lowest BCUT2D eigenvalue weighted by Crippen LogP contribution is -2.32. The van der Waals surface area contributed by atoms with E-state index in [1.807, 2.05) is 79.7 Å². The zero-order chi connectivity index (χ0) is 46.7. The molecule has 0 spiro atoms. The van der Waals surface area contributed by atoms with E-state index in [9.17, 15) is 30.6 Å². The molecule has 0 fully saturated rings. The van der Waals surface area contributed by atoms with Gasteiger partial charge in [0.1, 0.15) is 34.5 Å². The Bertz CT molecular complexity index is 2320. The van der Waals surface area contributed by atoms with Crippen LogP contribution in [0.2, 0.25) is 0 Å². The maximum Gasteiger partial charge on any atom is 0.115 e. The summed E-state index contributed by atoms with van der Waals surface area (Å²) < 4.78 is 0. The van der Waals surface area contributed by atoms with Crippen LogP contribution in [0, 0.1) is 5.41 Å². The third kappa shape index (κ3) is 10.7. The van der Waals surface area contributed by atoms with Gasteiger partial charge in [0.2, 0.25) is 0 Å². The third-order valence-corrected chi connectivity index (χ3v) is 12.8. The molecule has 0 unspecified atom stereocenters. The zero-order valence-electron chi connectivity index (χ0n) is 37.0. The first-order valence-electron chi connectivity index (χ1n) is 21.2. The number of hydrogen-bond donors (Lipinski definition) is 9. The van der Waals surface area contributed by atoms with E-state index >= 15 is 0 Å². The van der Waals surface area contributed by atoms with Crippen LogP contribution >= 0.6 is 0 Å². The van der Waals surface area contributed by atoms with Gasteiger partial charge in [-0.3, -0.25) is 0 Å². The Kier molecular flexibility index (Phi) is 15.5. The van der Waals surface area contributed by atoms with Gasteiger partial charge < -0.3 is 46.0 Å². The fourth-order valence-corrected chi connectivity index (χ4v) is 7.72. The zero-order valence-corrected chi connectivity index (χ0v) is 37.0. The van der Waals surface area contributed by atoms with E-state index in [4.69, 9.17) is 15.3 Å². The Morgan fingerprint density at radius 1 is 0.281 bits per heavy atom. The first-order valence-corrected chi connectivity index (χ1v) is 21.2. The lowest BCUT2D eigenvalue weighted by molar-refractivity contribution is 0.00304. The number of phenols is 6. The number of aliphatic hydroxyl groups is 3. The van der Waals surface area contributed by atoms with Crippen LogP contribution < -0.4 is 0 Å². The van der Waals surface area contributed by atoms with Gasteiger partial charge in [-0.2, -0.15) is 0 Å². The molecule has 0 saturated heterocycles. The second kappa shape index (κ2) is 20.6. The highest BCUT2D eigenvalue weighted by Crippen LogP contribution is 2.42. The van der Waals surface area contributed by atoms with Crippen LogP contribution in [-0.2, 0) is 16.2 Å². The van der Waals surface area contributed by atoms with Crippen LogP contribution in [0.5, 0.6) is 34.5 Å². The molecule has 9 nitrogen and oxygen atoms in total. The van der Waals surface area contributed by atoms with E-state index in [2.05, 4.69) is 52.0 Å². The average molecular weight is 865 g/mol. The predicted molar refractivity (Wildman–Crippen MR) is 252 cm³/mol. The summed E-state index contributed by atoms with van der Waals surface area (Å²) in [6.45, 7) is 9.94. The van der Waals surface area contributed by atoms with Crippen LogP contribution in [0.3, 0.4) is 0 Å². The SMILES string of the molecule is CC(C)(c1ccc(O)cc1)c1ccc(C(C)(c2ccc(O)cc2)c2ccc(O)cc2)cc1.CC(c1ccc(O)cc1)(c1ccc(O)cc1)c1ccc(O)cc1.CCC(CO)(CO)CO. The highest BCUT2D eigenvalue weighted by Gasteiger charge is 2.33. The summed E-state index contributed by atoms with van der Waals surface area (Å²) in [6, 6.07) is 51.8. The quantitative estimate of drug-likeness (QED) is 0.0540. The Morgan fingerprint density at radius 2 is 0.438 bits per heavy atom. The number of phenolic OH excluding ortho intramolecular Hbond substituents is 6. The largest absolute Gasteiger partial charge is 0.508 e. The van der Waals surface area contributed by atoms with Crippen molar-refractivity contribution in [2.75, 3.05) is 19.8 Å². The minimum Gasteiger partial charge on any atom is -0.508 e. The summed E-state index contributed by atoms with van der Waals surface area (Å²) in [5.41, 5.74) is 6.69. The van der Waals surface area contributed by atoms with Crippen molar-refractivity contribution in [2.45, 2.75) is 57.3 Å². The second-order valence-electron chi connectivity index (χ2n) is 17.1. The van der Waals surface area contributed by atoms with E-state index in [0.29, 0.717) is 6.42 Å². The van der Waals surface area contributed by atoms with E-state index in [1.54, 1.807) is 72.8 Å². The van der Waals surface area contributed by atoms with Crippen LogP contribution in [0.25, 0.3) is 0 Å². The predicted octanol–water partition coefficient (Wildman–Crippen LogP) is 10.0. The number of aliphatic hydroxyl groups excluding tert-OH is 3. The van der Waals surface area contributed by atoms with E-state index in [-0.39, 0.29) is 59.7 Å². The van der Waals surface area contributed by atoms with Gasteiger partial charge >= 0.3 is 0 Å². The molecule has 64 heavy (non-hydrogen) atoms. The Hall–Kier alpha value is -6.78. The first kappa shape index (κ1) is 48.3. The van der Waals surface area contributed by atoms with Gasteiger partial charge in [0.15, 0.2) is 0 Å². The molecule has 7 aromatic carbocycles. The molecule has 0 aliphatic heterocycles. The maximum atomic E-state index is 9.80. The molecular formula is C55H60O9. The molecule has 0 atom stereocenters. The van der Waals surface area contributed by atoms with Gasteiger partial charge in [-0.05, 0) is 138 Å². The van der Waals surface area contributed by atoms with Crippen molar-refractivity contribution >= 4 is 0 Å². The smallest absolute Gasteiger partial charge is 0.115 e. The molecule has 0 aliphatic rings. The van der Waals surface area contributed by atoms with Crippen molar-refractivity contribution < 1.29 is 46.0 Å². The van der Waals surface area contributed by atoms with E-state index in [1.165, 1.54) is 5.56 Å². The molecule has 0 amide bonds. The molecule has 7 rings (SSSR count). The lowest BCUT2D eigenvalue weighted by Gasteiger charge is -2.33. The van der Waals surface area contributed by atoms with Gasteiger partial charge in [-0.15, -0.1) is 0 Å². The summed E-state index contributed by atoms with van der Waals surface area (Å²) in [7, 11) is 0. The molecule has 7 aromatic rings. The monoisotopic (exact) mass is 864 g/mol. The summed E-state index contributed by atoms with van der Waals surface area (Å²) in [5, 5.41) is 83.9. The van der Waals surface area contributed by atoms with Crippen molar-refractivity contribution in [2.24, 2.45) is 5.41 Å². The number of rotatable bonds is 12. The highest BCUT2D eigenvalue weighted by molar-refractivity contribution is 5.54. The third-order valence-electron chi connectivity index (χ3n) is 12.8. The van der Waals surface area contributed by atoms with Crippen molar-refractivity contribution in [3.05, 3.63) is 214 Å². The number of aromatic hydroxyl groups is 6. The molecule has 0 saturated carbocycles. The molecule has 9 N–H and O–H groups in total. The van der Waals surface area contributed by atoms with Crippen molar-refractivity contribution in [3.8, 4) is 34.5 Å². The molecule has 0 radical (unpaired) electrons. The van der Waals surface area contributed by atoms with Crippen molar-refractivity contribution in [1.82, 2.24) is 0 Å². The minimum absolute atomic E-state index is 0.156. The fourth-order valence-electron chi connectivity index (χ4n) is 7.72. The number of hydrogen-bond acceptors (Lipinski definition) is 9. The van der Waals surface area contributed by atoms with Gasteiger partial charge in [0, 0.05) is 21.7 Å². The van der Waals surface area contributed by atoms with Gasteiger partial charge in [-0.1, -0.05) is 118 Å². The van der Waals surface area contributed by atoms with Gasteiger partial charge in [0.05, 0.1) is 19.8 Å². The second-order valence-corrected chi connectivity index (χ2v) is 17.1. The Balaban J connectivity index is 0.000000210. The van der Waals surface area contributed by atoms with Crippen LogP contribution in [0.1, 0.15) is 85.5 Å². The van der Waals surface area contributed by atoms with Crippen molar-refractivity contribution in [1.29, 1.82) is 0 Å². The molecule has 0 aromatic heterocycles. The normalized spacial score (nSPS) is 11.8. The first-order chi connectivity index (χ1) is 30.4. The molecular weight excluding hydrogens is 805 g/mol. The standard InChI is InChI=1S/C29H28O3.C20H18O3.C6H14O3/c1-28(2,21-8-14-25(30)15-9-21)20-4-6-22(7-5-20)29(3,23-10-16-26(31)17-11-23)24-12-18-27(32)19-13-24;1-20(14-2-8-17(21)9-3-14,15-4-10-18(22)11-5-15)16-6-12-19(23)13-7-16;1-2-6(3-7,4-8)5-9/h4-19,30-32H,1-3H3;2-13,21-23H,1H3;7-9H,2-5H2,1H3. The van der Waals surface area contributed by atoms with Crippen molar-refractivity contribution in [3.63, 3.8) is 0 Å². The number of benzene rings is 7. The Labute approximate surface area is 376 Å². The summed E-state index contributed by atoms with van der Waals surface area (Å²) >= 11 is 0. The maximum absolute atomic E-state index is 9.80. The molecule has 0 bridgehead atoms.